The minimum atomic E-state index is 0.963. The molecule has 0 aromatic carbocycles. The molecule has 0 nitrogen and oxygen atoms in total. The Kier molecular flexibility index (Phi) is 5.33. The summed E-state index contributed by atoms with van der Waals surface area (Å²) >= 11 is 6.62. The normalized spacial score (nSPS) is 12.1. The molecule has 0 rings (SSSR count). The first kappa shape index (κ1) is 7.70. The standard InChI is InChI=1S/C5H8Br2/c1-5(4-7)2-3-6/h2H,3-4H2,1H3/b5-2+. The van der Waals surface area contributed by atoms with Crippen LogP contribution in [0.2, 0.25) is 0 Å². The molecule has 0 aliphatic carbocycles. The molecule has 0 aromatic rings. The maximum atomic E-state index is 3.33. The van der Waals surface area contributed by atoms with Gasteiger partial charge in [-0.3, -0.25) is 0 Å². The summed E-state index contributed by atoms with van der Waals surface area (Å²) in [6, 6.07) is 0. The molecule has 0 N–H and O–H groups in total. The van der Waals surface area contributed by atoms with Crippen molar-refractivity contribution in [3.63, 3.8) is 0 Å². The highest BCUT2D eigenvalue weighted by Crippen LogP contribution is 1.97. The molecule has 42 valence electrons. The van der Waals surface area contributed by atoms with Crippen LogP contribution >= 0.6 is 31.9 Å². The molecule has 0 unspecified atom stereocenters. The lowest BCUT2D eigenvalue weighted by Gasteiger charge is -1.86. The van der Waals surface area contributed by atoms with Gasteiger partial charge in [-0.15, -0.1) is 0 Å². The molecule has 0 atom stereocenters. The third kappa shape index (κ3) is 4.56. The van der Waals surface area contributed by atoms with Gasteiger partial charge >= 0.3 is 0 Å². The maximum absolute atomic E-state index is 3.33. The summed E-state index contributed by atoms with van der Waals surface area (Å²) in [4.78, 5) is 0. The van der Waals surface area contributed by atoms with Crippen molar-refractivity contribution >= 4 is 31.9 Å². The van der Waals surface area contributed by atoms with Crippen LogP contribution in [0.1, 0.15) is 6.92 Å². The third-order valence-electron chi connectivity index (χ3n) is 0.636. The van der Waals surface area contributed by atoms with Crippen molar-refractivity contribution in [3.05, 3.63) is 11.6 Å². The van der Waals surface area contributed by atoms with Crippen LogP contribution < -0.4 is 0 Å². The molecule has 0 spiro atoms. The largest absolute Gasteiger partial charge is 0.0883 e. The number of rotatable bonds is 2. The van der Waals surface area contributed by atoms with Crippen LogP contribution in [0.3, 0.4) is 0 Å². The van der Waals surface area contributed by atoms with Crippen LogP contribution in [-0.2, 0) is 0 Å². The monoisotopic (exact) mass is 226 g/mol. The van der Waals surface area contributed by atoms with Crippen molar-refractivity contribution < 1.29 is 0 Å². The number of hydrogen-bond donors (Lipinski definition) is 0. The third-order valence-corrected chi connectivity index (χ3v) is 1.84. The summed E-state index contributed by atoms with van der Waals surface area (Å²) in [6.45, 7) is 2.09. The van der Waals surface area contributed by atoms with E-state index in [1.165, 1.54) is 5.57 Å². The molecule has 0 saturated carbocycles. The van der Waals surface area contributed by atoms with E-state index in [9.17, 15) is 0 Å². The van der Waals surface area contributed by atoms with Gasteiger partial charge in [-0.05, 0) is 6.92 Å². The van der Waals surface area contributed by atoms with Crippen LogP contribution in [0.25, 0.3) is 0 Å². The second kappa shape index (κ2) is 4.85. The average Bonchev–Trinajstić information content (AvgIpc) is 1.68. The van der Waals surface area contributed by atoms with Gasteiger partial charge < -0.3 is 0 Å². The van der Waals surface area contributed by atoms with E-state index in [-0.39, 0.29) is 0 Å². The lowest BCUT2D eigenvalue weighted by atomic mass is 10.3. The van der Waals surface area contributed by atoms with E-state index in [1.54, 1.807) is 0 Å². The molecular weight excluding hydrogens is 220 g/mol. The van der Waals surface area contributed by atoms with Gasteiger partial charge in [0.05, 0.1) is 0 Å². The maximum Gasteiger partial charge on any atom is 0.0239 e. The van der Waals surface area contributed by atoms with E-state index >= 15 is 0 Å². The van der Waals surface area contributed by atoms with Crippen molar-refractivity contribution in [1.82, 2.24) is 0 Å². The molecule has 0 aliphatic rings. The first-order valence-corrected chi connectivity index (χ1v) is 4.33. The van der Waals surface area contributed by atoms with Gasteiger partial charge in [0.1, 0.15) is 0 Å². The lowest BCUT2D eigenvalue weighted by Crippen LogP contribution is -1.74. The van der Waals surface area contributed by atoms with Crippen LogP contribution in [0.5, 0.6) is 0 Å². The van der Waals surface area contributed by atoms with Gasteiger partial charge in [0.15, 0.2) is 0 Å². The molecule has 0 amide bonds. The summed E-state index contributed by atoms with van der Waals surface area (Å²) in [5.74, 6) is 0. The number of allylic oxidation sites excluding steroid dienone is 2. The Hall–Kier alpha value is 0.700. The fourth-order valence-electron chi connectivity index (χ4n) is 0.186. The lowest BCUT2D eigenvalue weighted by molar-refractivity contribution is 1.40. The van der Waals surface area contributed by atoms with E-state index in [0.29, 0.717) is 0 Å². The summed E-state index contributed by atoms with van der Waals surface area (Å²) in [7, 11) is 0. The van der Waals surface area contributed by atoms with Crippen molar-refractivity contribution in [2.45, 2.75) is 6.92 Å². The first-order valence-electron chi connectivity index (χ1n) is 2.08. The molecule has 0 radical (unpaired) electrons. The second-order valence-electron chi connectivity index (χ2n) is 1.34. The Labute approximate surface area is 61.2 Å². The second-order valence-corrected chi connectivity index (χ2v) is 2.55. The first-order chi connectivity index (χ1) is 3.31. The average molecular weight is 228 g/mol. The predicted octanol–water partition coefficient (Wildman–Crippen LogP) is 2.72. The summed E-state index contributed by atoms with van der Waals surface area (Å²) in [6.07, 6.45) is 2.13. The highest BCUT2D eigenvalue weighted by Gasteiger charge is 1.78. The van der Waals surface area contributed by atoms with E-state index < -0.39 is 0 Å². The van der Waals surface area contributed by atoms with Gasteiger partial charge in [-0.2, -0.15) is 0 Å². The zero-order valence-corrected chi connectivity index (χ0v) is 7.42. The van der Waals surface area contributed by atoms with Crippen molar-refractivity contribution in [2.24, 2.45) is 0 Å². The van der Waals surface area contributed by atoms with Gasteiger partial charge in [0.25, 0.3) is 0 Å². The number of halogens is 2. The minimum Gasteiger partial charge on any atom is -0.0883 e. The van der Waals surface area contributed by atoms with Gasteiger partial charge in [-0.1, -0.05) is 43.5 Å². The van der Waals surface area contributed by atoms with E-state index in [0.717, 1.165) is 10.7 Å². The number of hydrogen-bond acceptors (Lipinski definition) is 0. The molecule has 0 bridgehead atoms. The van der Waals surface area contributed by atoms with Gasteiger partial charge in [0.2, 0.25) is 0 Å². The Morgan fingerprint density at radius 1 is 1.57 bits per heavy atom. The highest BCUT2D eigenvalue weighted by molar-refractivity contribution is 9.09. The zero-order chi connectivity index (χ0) is 5.70. The molecule has 0 aliphatic heterocycles. The Bertz CT molecular complexity index is 66.5. The molecular formula is C5H8Br2. The number of alkyl halides is 2. The summed E-state index contributed by atoms with van der Waals surface area (Å²) in [5, 5.41) is 1.95. The van der Waals surface area contributed by atoms with Crippen LogP contribution in [0.4, 0.5) is 0 Å². The SMILES string of the molecule is C/C(=C\CBr)CBr. The van der Waals surface area contributed by atoms with Crippen LogP contribution in [0.15, 0.2) is 11.6 Å². The highest BCUT2D eigenvalue weighted by atomic mass is 79.9. The quantitative estimate of drug-likeness (QED) is 0.503. The topological polar surface area (TPSA) is 0 Å². The molecule has 0 fully saturated rings. The molecule has 0 aromatic heterocycles. The molecule has 7 heavy (non-hydrogen) atoms. The van der Waals surface area contributed by atoms with Crippen LogP contribution in [0, 0.1) is 0 Å². The molecule has 2 heteroatoms. The van der Waals surface area contributed by atoms with Crippen molar-refractivity contribution in [3.8, 4) is 0 Å². The molecule has 0 heterocycles. The zero-order valence-electron chi connectivity index (χ0n) is 4.25. The Morgan fingerprint density at radius 2 is 2.14 bits per heavy atom. The van der Waals surface area contributed by atoms with Crippen molar-refractivity contribution in [2.75, 3.05) is 10.7 Å². The van der Waals surface area contributed by atoms with E-state index in [4.69, 9.17) is 0 Å². The van der Waals surface area contributed by atoms with E-state index in [1.807, 2.05) is 0 Å². The predicted molar refractivity (Wildman–Crippen MR) is 41.3 cm³/mol. The fraction of sp³-hybridized carbons (Fsp3) is 0.600. The van der Waals surface area contributed by atoms with Gasteiger partial charge in [0, 0.05) is 10.7 Å². The smallest absolute Gasteiger partial charge is 0.0239 e. The summed E-state index contributed by atoms with van der Waals surface area (Å²) < 4.78 is 0. The van der Waals surface area contributed by atoms with Gasteiger partial charge in [-0.25, -0.2) is 0 Å². The van der Waals surface area contributed by atoms with Crippen molar-refractivity contribution in [1.29, 1.82) is 0 Å². The minimum absolute atomic E-state index is 0.963. The van der Waals surface area contributed by atoms with E-state index in [2.05, 4.69) is 44.9 Å². The molecule has 0 saturated heterocycles. The fourth-order valence-corrected chi connectivity index (χ4v) is 0.968. The Morgan fingerprint density at radius 3 is 2.29 bits per heavy atom. The summed E-state index contributed by atoms with van der Waals surface area (Å²) in [5.41, 5.74) is 1.37. The van der Waals surface area contributed by atoms with Crippen LogP contribution in [-0.4, -0.2) is 10.7 Å². The Balaban J connectivity index is 3.29.